The van der Waals surface area contributed by atoms with Gasteiger partial charge in [0, 0.05) is 5.92 Å². The standard InChI is InChI=1S/C10H9BF4S/c1-4(2)6-5(3-12)7(13)9(15)10(16-11)8(6)14/h5-6H,1,3H2,2H3. The monoisotopic (exact) mass is 248 g/mol. The maximum atomic E-state index is 13.7. The summed E-state index contributed by atoms with van der Waals surface area (Å²) in [5.74, 6) is -6.33. The molecule has 0 N–H and O–H groups in total. The minimum absolute atomic E-state index is 0.231. The molecule has 2 radical (unpaired) electrons. The van der Waals surface area contributed by atoms with Gasteiger partial charge < -0.3 is 0 Å². The minimum atomic E-state index is -1.48. The summed E-state index contributed by atoms with van der Waals surface area (Å²) >= 11 is 0.268. The van der Waals surface area contributed by atoms with Crippen LogP contribution in [0.15, 0.2) is 34.5 Å². The van der Waals surface area contributed by atoms with Gasteiger partial charge in [-0.1, -0.05) is 12.2 Å². The first-order chi connectivity index (χ1) is 7.45. The summed E-state index contributed by atoms with van der Waals surface area (Å²) < 4.78 is 53.0. The van der Waals surface area contributed by atoms with E-state index in [0.717, 1.165) is 0 Å². The largest absolute Gasteiger partial charge is 0.250 e. The summed E-state index contributed by atoms with van der Waals surface area (Å²) in [5.41, 5.74) is 0.231. The van der Waals surface area contributed by atoms with Crippen LogP contribution < -0.4 is 0 Å². The van der Waals surface area contributed by atoms with Crippen molar-refractivity contribution in [3.63, 3.8) is 0 Å². The van der Waals surface area contributed by atoms with Gasteiger partial charge in [0.2, 0.25) is 0 Å². The minimum Gasteiger partial charge on any atom is -0.250 e. The van der Waals surface area contributed by atoms with E-state index < -0.39 is 40.9 Å². The van der Waals surface area contributed by atoms with Crippen molar-refractivity contribution in [1.29, 1.82) is 0 Å². The Bertz CT molecular complexity index is 375. The molecular formula is C10H9BF4S. The topological polar surface area (TPSA) is 0 Å². The van der Waals surface area contributed by atoms with Gasteiger partial charge in [-0.3, -0.25) is 4.39 Å². The first kappa shape index (κ1) is 13.4. The summed E-state index contributed by atoms with van der Waals surface area (Å²) in [6.45, 7) is 3.70. The quantitative estimate of drug-likeness (QED) is 0.414. The van der Waals surface area contributed by atoms with Crippen molar-refractivity contribution < 1.29 is 17.6 Å². The van der Waals surface area contributed by atoms with E-state index in [-0.39, 0.29) is 17.2 Å². The molecule has 0 heterocycles. The van der Waals surface area contributed by atoms with Gasteiger partial charge in [-0.05, 0) is 6.92 Å². The molecule has 0 aromatic heterocycles. The maximum absolute atomic E-state index is 13.7. The van der Waals surface area contributed by atoms with Crippen molar-refractivity contribution in [2.24, 2.45) is 11.8 Å². The highest BCUT2D eigenvalue weighted by Crippen LogP contribution is 2.46. The molecular weight excluding hydrogens is 239 g/mol. The van der Waals surface area contributed by atoms with Crippen LogP contribution in [-0.4, -0.2) is 13.8 Å². The summed E-state index contributed by atoms with van der Waals surface area (Å²) in [4.78, 5) is -0.616. The average Bonchev–Trinajstić information content (AvgIpc) is 2.23. The van der Waals surface area contributed by atoms with Crippen molar-refractivity contribution in [2.75, 3.05) is 6.67 Å². The second kappa shape index (κ2) is 5.12. The molecule has 16 heavy (non-hydrogen) atoms. The van der Waals surface area contributed by atoms with Crippen LogP contribution in [0.4, 0.5) is 17.6 Å². The Kier molecular flexibility index (Phi) is 4.30. The molecule has 86 valence electrons. The van der Waals surface area contributed by atoms with Gasteiger partial charge in [-0.2, -0.15) is 11.6 Å². The molecule has 1 aliphatic rings. The van der Waals surface area contributed by atoms with Gasteiger partial charge in [-0.25, -0.2) is 13.2 Å². The second-order valence-electron chi connectivity index (χ2n) is 3.54. The van der Waals surface area contributed by atoms with Crippen LogP contribution >= 0.6 is 11.6 Å². The van der Waals surface area contributed by atoms with Crippen molar-refractivity contribution >= 4 is 18.7 Å². The molecule has 2 unspecified atom stereocenters. The van der Waals surface area contributed by atoms with E-state index in [1.165, 1.54) is 6.92 Å². The third-order valence-electron chi connectivity index (χ3n) is 2.44. The summed E-state index contributed by atoms with van der Waals surface area (Å²) in [6.07, 6.45) is 0. The Hall–Kier alpha value is -0.645. The van der Waals surface area contributed by atoms with Gasteiger partial charge in [0.05, 0.1) is 17.5 Å². The summed E-state index contributed by atoms with van der Waals surface area (Å²) in [7, 11) is 5.05. The van der Waals surface area contributed by atoms with Crippen LogP contribution in [0.5, 0.6) is 0 Å². The number of allylic oxidation sites excluding steroid dienone is 4. The fraction of sp³-hybridized carbons (Fsp3) is 0.400. The van der Waals surface area contributed by atoms with Crippen LogP contribution in [-0.2, 0) is 0 Å². The van der Waals surface area contributed by atoms with Crippen LogP contribution in [0, 0.1) is 11.8 Å². The van der Waals surface area contributed by atoms with Crippen LogP contribution in [0.3, 0.4) is 0 Å². The predicted octanol–water partition coefficient (Wildman–Crippen LogP) is 3.93. The highest BCUT2D eigenvalue weighted by atomic mass is 32.2. The Morgan fingerprint density at radius 1 is 1.38 bits per heavy atom. The second-order valence-corrected chi connectivity index (χ2v) is 4.19. The molecule has 0 saturated heterocycles. The molecule has 0 aromatic rings. The maximum Gasteiger partial charge on any atom is 0.170 e. The van der Waals surface area contributed by atoms with E-state index in [9.17, 15) is 17.6 Å². The zero-order valence-corrected chi connectivity index (χ0v) is 9.38. The molecule has 0 fully saturated rings. The van der Waals surface area contributed by atoms with E-state index in [1.807, 2.05) is 0 Å². The number of hydrogen-bond donors (Lipinski definition) is 0. The molecule has 1 aliphatic carbocycles. The smallest absolute Gasteiger partial charge is 0.170 e. The fourth-order valence-corrected chi connectivity index (χ4v) is 2.11. The molecule has 6 heteroatoms. The molecule has 0 nitrogen and oxygen atoms in total. The fourth-order valence-electron chi connectivity index (χ4n) is 1.66. The van der Waals surface area contributed by atoms with E-state index in [2.05, 4.69) is 6.58 Å². The van der Waals surface area contributed by atoms with E-state index in [1.54, 1.807) is 0 Å². The van der Waals surface area contributed by atoms with Crippen LogP contribution in [0.25, 0.3) is 0 Å². The molecule has 0 aromatic carbocycles. The lowest BCUT2D eigenvalue weighted by Gasteiger charge is -2.28. The van der Waals surface area contributed by atoms with E-state index in [4.69, 9.17) is 7.12 Å². The Balaban J connectivity index is 3.32. The highest BCUT2D eigenvalue weighted by Gasteiger charge is 2.39. The number of hydrogen-bond acceptors (Lipinski definition) is 1. The molecule has 0 aliphatic heterocycles. The molecule has 0 bridgehead atoms. The highest BCUT2D eigenvalue weighted by molar-refractivity contribution is 8.22. The van der Waals surface area contributed by atoms with Gasteiger partial charge in [-0.15, -0.1) is 0 Å². The molecule has 0 saturated carbocycles. The summed E-state index contributed by atoms with van der Waals surface area (Å²) in [5, 5.41) is 0. The average molecular weight is 248 g/mol. The van der Waals surface area contributed by atoms with E-state index in [0.29, 0.717) is 0 Å². The first-order valence-corrected chi connectivity index (χ1v) is 5.36. The Morgan fingerprint density at radius 2 is 1.94 bits per heavy atom. The third kappa shape index (κ3) is 2.07. The van der Waals surface area contributed by atoms with Crippen LogP contribution in [0.2, 0.25) is 0 Å². The molecule has 0 amide bonds. The number of alkyl halides is 1. The Labute approximate surface area is 96.8 Å². The van der Waals surface area contributed by atoms with Crippen molar-refractivity contribution in [3.05, 3.63) is 34.5 Å². The van der Waals surface area contributed by atoms with E-state index >= 15 is 0 Å². The van der Waals surface area contributed by atoms with Gasteiger partial charge in [0.15, 0.2) is 13.0 Å². The third-order valence-corrected chi connectivity index (χ3v) is 3.05. The van der Waals surface area contributed by atoms with Crippen molar-refractivity contribution in [1.82, 2.24) is 0 Å². The first-order valence-electron chi connectivity index (χ1n) is 4.49. The van der Waals surface area contributed by atoms with Crippen LogP contribution in [0.1, 0.15) is 6.92 Å². The summed E-state index contributed by atoms with van der Waals surface area (Å²) in [6, 6.07) is 0. The van der Waals surface area contributed by atoms with Crippen molar-refractivity contribution in [2.45, 2.75) is 6.92 Å². The molecule has 1 rings (SSSR count). The lowest BCUT2D eigenvalue weighted by atomic mass is 9.82. The molecule has 2 atom stereocenters. The number of rotatable bonds is 3. The van der Waals surface area contributed by atoms with Gasteiger partial charge >= 0.3 is 0 Å². The van der Waals surface area contributed by atoms with Crippen molar-refractivity contribution in [3.8, 4) is 0 Å². The SMILES string of the molecule is [B]SC1=C(F)C(C(=C)C)C(CF)C(F)=C1F. The zero-order chi connectivity index (χ0) is 12.5. The van der Waals surface area contributed by atoms with Gasteiger partial charge in [0.1, 0.15) is 11.7 Å². The Morgan fingerprint density at radius 3 is 2.31 bits per heavy atom. The number of halogens is 4. The normalized spacial score (nSPS) is 26.3. The zero-order valence-electron chi connectivity index (χ0n) is 8.57. The lowest BCUT2D eigenvalue weighted by molar-refractivity contribution is 0.264. The lowest BCUT2D eigenvalue weighted by Crippen LogP contribution is -2.24. The molecule has 0 spiro atoms. The predicted molar refractivity (Wildman–Crippen MR) is 58.5 cm³/mol. The van der Waals surface area contributed by atoms with Gasteiger partial charge in [0.25, 0.3) is 0 Å².